The average molecular weight is 405 g/mol. The maximum Gasteiger partial charge on any atom is 0.278 e. The number of piperazine rings is 1. The Morgan fingerprint density at radius 3 is 2.24 bits per heavy atom. The largest absolute Gasteiger partial charge is 0.354 e. The molecule has 0 spiro atoms. The maximum atomic E-state index is 12.7. The van der Waals surface area contributed by atoms with Gasteiger partial charge in [-0.3, -0.25) is 9.59 Å². The molecule has 6 nitrogen and oxygen atoms in total. The van der Waals surface area contributed by atoms with E-state index in [1.54, 1.807) is 7.05 Å². The molecule has 1 aliphatic rings. The summed E-state index contributed by atoms with van der Waals surface area (Å²) in [5.74, 6) is 1.37. The van der Waals surface area contributed by atoms with Crippen molar-refractivity contribution in [3.05, 3.63) is 35.4 Å². The van der Waals surface area contributed by atoms with Crippen LogP contribution in [0.2, 0.25) is 0 Å². The van der Waals surface area contributed by atoms with Crippen LogP contribution in [0, 0.1) is 11.8 Å². The quantitative estimate of drug-likeness (QED) is 0.525. The summed E-state index contributed by atoms with van der Waals surface area (Å²) in [6, 6.07) is 9.20. The molecule has 0 radical (unpaired) electrons. The van der Waals surface area contributed by atoms with Gasteiger partial charge in [-0.15, -0.1) is 0 Å². The number of hydrogen-bond donors (Lipinski definition) is 3. The third-order valence-electron chi connectivity index (χ3n) is 5.79. The van der Waals surface area contributed by atoms with E-state index < -0.39 is 0 Å². The molecule has 0 unspecified atom stereocenters. The summed E-state index contributed by atoms with van der Waals surface area (Å²) in [6.07, 6.45) is 1.10. The van der Waals surface area contributed by atoms with Crippen LogP contribution in [0.25, 0.3) is 0 Å². The smallest absolute Gasteiger partial charge is 0.278 e. The lowest BCUT2D eigenvalue weighted by Gasteiger charge is -2.31. The van der Waals surface area contributed by atoms with Gasteiger partial charge in [0.25, 0.3) is 11.8 Å². The highest BCUT2D eigenvalue weighted by atomic mass is 16.2. The molecular weight excluding hydrogens is 364 g/mol. The third kappa shape index (κ3) is 7.44. The summed E-state index contributed by atoms with van der Waals surface area (Å²) in [7, 11) is 1.67. The van der Waals surface area contributed by atoms with Crippen LogP contribution >= 0.6 is 0 Å². The van der Waals surface area contributed by atoms with Gasteiger partial charge in [0.1, 0.15) is 6.04 Å². The first-order valence-electron chi connectivity index (χ1n) is 11.0. The van der Waals surface area contributed by atoms with E-state index in [-0.39, 0.29) is 17.9 Å². The first-order chi connectivity index (χ1) is 13.8. The molecule has 4 N–H and O–H groups in total. The van der Waals surface area contributed by atoms with E-state index in [9.17, 15) is 9.59 Å². The zero-order valence-corrected chi connectivity index (χ0v) is 18.8. The van der Waals surface area contributed by atoms with Crippen molar-refractivity contribution in [3.63, 3.8) is 0 Å². The third-order valence-corrected chi connectivity index (χ3v) is 5.79. The van der Waals surface area contributed by atoms with Crippen LogP contribution in [0.1, 0.15) is 44.9 Å². The molecule has 0 bridgehead atoms. The summed E-state index contributed by atoms with van der Waals surface area (Å²) in [5.41, 5.74) is 2.67. The van der Waals surface area contributed by atoms with Crippen molar-refractivity contribution in [2.24, 2.45) is 11.8 Å². The molecule has 1 aliphatic heterocycles. The van der Waals surface area contributed by atoms with Crippen molar-refractivity contribution in [2.75, 3.05) is 46.3 Å². The Morgan fingerprint density at radius 2 is 1.72 bits per heavy atom. The monoisotopic (exact) mass is 404 g/mol. The number of likely N-dealkylation sites (N-methyl/N-ethyl adjacent to an activating group) is 1. The van der Waals surface area contributed by atoms with Crippen molar-refractivity contribution in [1.82, 2.24) is 10.2 Å². The average Bonchev–Trinajstić information content (AvgIpc) is 2.69. The molecule has 1 aromatic rings. The number of amides is 2. The molecule has 1 aromatic carbocycles. The molecule has 1 atom stereocenters. The summed E-state index contributed by atoms with van der Waals surface area (Å²) in [6.45, 7) is 13.0. The first kappa shape index (κ1) is 23.4. The SMILES string of the molecule is CNC(=O)C[NH+]1CCN(C(=O)C[NH2+][C@H](c2ccc(CC(C)C)cc2)C(C)C)CC1. The lowest BCUT2D eigenvalue weighted by molar-refractivity contribution is -0.896. The molecule has 1 heterocycles. The maximum absolute atomic E-state index is 12.7. The highest BCUT2D eigenvalue weighted by Crippen LogP contribution is 2.19. The van der Waals surface area contributed by atoms with Crippen LogP contribution in [0.5, 0.6) is 0 Å². The van der Waals surface area contributed by atoms with Gasteiger partial charge in [-0.2, -0.15) is 0 Å². The summed E-state index contributed by atoms with van der Waals surface area (Å²) in [4.78, 5) is 27.5. The van der Waals surface area contributed by atoms with Crippen LogP contribution in [0.3, 0.4) is 0 Å². The van der Waals surface area contributed by atoms with E-state index in [1.165, 1.54) is 16.0 Å². The predicted molar refractivity (Wildman–Crippen MR) is 116 cm³/mol. The number of hydrogen-bond acceptors (Lipinski definition) is 2. The molecule has 0 aromatic heterocycles. The second kappa shape index (κ2) is 11.3. The van der Waals surface area contributed by atoms with Crippen LogP contribution in [0.4, 0.5) is 0 Å². The molecule has 2 amide bonds. The van der Waals surface area contributed by atoms with Gasteiger partial charge in [-0.25, -0.2) is 0 Å². The summed E-state index contributed by atoms with van der Waals surface area (Å²) < 4.78 is 0. The molecule has 6 heteroatoms. The standard InChI is InChI=1S/C23H38N4O2/c1-17(2)14-19-6-8-20(9-7-19)23(18(3)4)25-15-22(29)27-12-10-26(11-13-27)16-21(28)24-5/h6-9,17-18,23,25H,10-16H2,1-5H3,(H,24,28)/p+2/t23-/m0/s1. The normalized spacial score (nSPS) is 16.3. The number of carbonyl (C=O) groups is 2. The van der Waals surface area contributed by atoms with Gasteiger partial charge in [0, 0.05) is 18.5 Å². The van der Waals surface area contributed by atoms with E-state index in [4.69, 9.17) is 0 Å². The second-order valence-corrected chi connectivity index (χ2v) is 9.03. The molecular formula is C23H40N4O2+2. The first-order valence-corrected chi connectivity index (χ1v) is 11.0. The van der Waals surface area contributed by atoms with Crippen molar-refractivity contribution >= 4 is 11.8 Å². The Bertz CT molecular complexity index is 649. The number of nitrogens with zero attached hydrogens (tertiary/aromatic N) is 1. The molecule has 1 fully saturated rings. The lowest BCUT2D eigenvalue weighted by atomic mass is 9.93. The van der Waals surface area contributed by atoms with Gasteiger partial charge in [-0.1, -0.05) is 52.0 Å². The predicted octanol–water partition coefficient (Wildman–Crippen LogP) is -0.381. The Hall–Kier alpha value is -1.92. The van der Waals surface area contributed by atoms with Gasteiger partial charge in [-0.05, 0) is 17.9 Å². The highest BCUT2D eigenvalue weighted by molar-refractivity contribution is 5.77. The Balaban J connectivity index is 1.86. The number of nitrogens with two attached hydrogens (primary N) is 1. The zero-order chi connectivity index (χ0) is 21.4. The topological polar surface area (TPSA) is 70.5 Å². The fraction of sp³-hybridized carbons (Fsp3) is 0.652. The molecule has 29 heavy (non-hydrogen) atoms. The molecule has 1 saturated heterocycles. The minimum absolute atomic E-state index is 0.0623. The molecule has 0 aliphatic carbocycles. The lowest BCUT2D eigenvalue weighted by Crippen LogP contribution is -3.16. The van der Waals surface area contributed by atoms with Gasteiger partial charge in [0.05, 0.1) is 26.2 Å². The Kier molecular flexibility index (Phi) is 9.11. The van der Waals surface area contributed by atoms with Crippen LogP contribution < -0.4 is 15.5 Å². The zero-order valence-electron chi connectivity index (χ0n) is 18.8. The number of rotatable bonds is 9. The van der Waals surface area contributed by atoms with Crippen LogP contribution in [0.15, 0.2) is 24.3 Å². The van der Waals surface area contributed by atoms with Crippen LogP contribution in [-0.4, -0.2) is 63.0 Å². The van der Waals surface area contributed by atoms with E-state index in [1.807, 2.05) is 4.90 Å². The van der Waals surface area contributed by atoms with Crippen LogP contribution in [-0.2, 0) is 16.0 Å². The fourth-order valence-corrected chi connectivity index (χ4v) is 4.06. The minimum Gasteiger partial charge on any atom is -0.354 e. The summed E-state index contributed by atoms with van der Waals surface area (Å²) in [5, 5.41) is 4.86. The fourth-order valence-electron chi connectivity index (χ4n) is 4.06. The summed E-state index contributed by atoms with van der Waals surface area (Å²) >= 11 is 0. The number of benzene rings is 1. The second-order valence-electron chi connectivity index (χ2n) is 9.03. The molecule has 162 valence electrons. The van der Waals surface area contributed by atoms with E-state index >= 15 is 0 Å². The molecule has 0 saturated carbocycles. The Morgan fingerprint density at radius 1 is 1.10 bits per heavy atom. The number of nitrogens with one attached hydrogen (secondary N) is 2. The van der Waals surface area contributed by atoms with Crippen molar-refractivity contribution in [3.8, 4) is 0 Å². The van der Waals surface area contributed by atoms with Gasteiger partial charge in [0.15, 0.2) is 13.1 Å². The van der Waals surface area contributed by atoms with Gasteiger partial charge in [0.2, 0.25) is 0 Å². The van der Waals surface area contributed by atoms with Crippen molar-refractivity contribution in [1.29, 1.82) is 0 Å². The van der Waals surface area contributed by atoms with E-state index in [0.717, 1.165) is 32.6 Å². The van der Waals surface area contributed by atoms with Crippen molar-refractivity contribution < 1.29 is 19.8 Å². The van der Waals surface area contributed by atoms with Gasteiger partial charge >= 0.3 is 0 Å². The van der Waals surface area contributed by atoms with Crippen molar-refractivity contribution in [2.45, 2.75) is 40.2 Å². The van der Waals surface area contributed by atoms with Gasteiger partial charge < -0.3 is 20.4 Å². The Labute approximate surface area is 176 Å². The minimum atomic E-state index is 0.0623. The van der Waals surface area contributed by atoms with E-state index in [0.29, 0.717) is 24.9 Å². The van der Waals surface area contributed by atoms with E-state index in [2.05, 4.69) is 62.6 Å². The molecule has 2 rings (SSSR count). The number of carbonyl (C=O) groups excluding carboxylic acids is 2. The highest BCUT2D eigenvalue weighted by Gasteiger charge is 2.27. The number of quaternary nitrogens is 2.